The van der Waals surface area contributed by atoms with Crippen LogP contribution in [0.3, 0.4) is 0 Å². The summed E-state index contributed by atoms with van der Waals surface area (Å²) in [4.78, 5) is 13.2. The van der Waals surface area contributed by atoms with Crippen molar-refractivity contribution in [2.45, 2.75) is 37.2 Å². The van der Waals surface area contributed by atoms with Crippen LogP contribution in [-0.2, 0) is 4.79 Å². The number of nitrogens with one attached hydrogen (secondary N) is 2. The van der Waals surface area contributed by atoms with Crippen molar-refractivity contribution in [3.05, 3.63) is 70.0 Å². The number of hydrogen-bond acceptors (Lipinski definition) is 5. The minimum Gasteiger partial charge on any atom is -0.325 e. The second-order valence-electron chi connectivity index (χ2n) is 6.87. The number of fused-ring (bicyclic) bond motifs is 1. The molecule has 144 valence electrons. The first-order chi connectivity index (χ1) is 13.4. The molecule has 0 radical (unpaired) electrons. The van der Waals surface area contributed by atoms with E-state index in [2.05, 4.69) is 20.9 Å². The standard InChI is InChI=1S/C20H20ClN5OS/c1-11-4-7-14(8-5-11)17-18(28-20-24-23-13(3)26(20)25-17)19(27)22-15-9-6-12(2)16(21)10-15/h4-10,17-18,25H,1-3H3,(H,22,27)/t17-,18+/m1/s1. The second kappa shape index (κ2) is 7.48. The highest BCUT2D eigenvalue weighted by atomic mass is 35.5. The number of nitrogens with zero attached hydrogens (tertiary/aromatic N) is 3. The van der Waals surface area contributed by atoms with E-state index in [1.165, 1.54) is 17.3 Å². The molecule has 0 unspecified atom stereocenters. The molecule has 0 fully saturated rings. The third-order valence-electron chi connectivity index (χ3n) is 4.73. The second-order valence-corrected chi connectivity index (χ2v) is 8.39. The van der Waals surface area contributed by atoms with Crippen molar-refractivity contribution in [2.24, 2.45) is 0 Å². The van der Waals surface area contributed by atoms with Crippen LogP contribution in [0.25, 0.3) is 0 Å². The van der Waals surface area contributed by atoms with E-state index in [1.807, 2.05) is 61.8 Å². The molecule has 0 spiro atoms. The Morgan fingerprint density at radius 1 is 1.14 bits per heavy atom. The van der Waals surface area contributed by atoms with Gasteiger partial charge in [-0.15, -0.1) is 10.2 Å². The Morgan fingerprint density at radius 2 is 1.89 bits per heavy atom. The Bertz CT molecular complexity index is 1030. The summed E-state index contributed by atoms with van der Waals surface area (Å²) in [6.07, 6.45) is 0. The first kappa shape index (κ1) is 18.8. The van der Waals surface area contributed by atoms with Gasteiger partial charge in [0.2, 0.25) is 11.1 Å². The number of amides is 1. The maximum Gasteiger partial charge on any atom is 0.240 e. The average Bonchev–Trinajstić information content (AvgIpc) is 3.04. The van der Waals surface area contributed by atoms with E-state index >= 15 is 0 Å². The summed E-state index contributed by atoms with van der Waals surface area (Å²) in [7, 11) is 0. The quantitative estimate of drug-likeness (QED) is 0.671. The number of carbonyl (C=O) groups is 1. The lowest BCUT2D eigenvalue weighted by Gasteiger charge is -2.32. The summed E-state index contributed by atoms with van der Waals surface area (Å²) >= 11 is 7.60. The molecule has 1 amide bonds. The molecule has 2 aromatic carbocycles. The van der Waals surface area contributed by atoms with E-state index in [0.29, 0.717) is 15.9 Å². The van der Waals surface area contributed by atoms with E-state index in [1.54, 1.807) is 6.07 Å². The summed E-state index contributed by atoms with van der Waals surface area (Å²) in [6.45, 7) is 5.85. The van der Waals surface area contributed by atoms with Gasteiger partial charge in [-0.1, -0.05) is 59.3 Å². The molecule has 0 aliphatic carbocycles. The van der Waals surface area contributed by atoms with Gasteiger partial charge in [-0.25, -0.2) is 4.68 Å². The first-order valence-corrected chi connectivity index (χ1v) is 10.2. The lowest BCUT2D eigenvalue weighted by Crippen LogP contribution is -2.41. The Balaban J connectivity index is 1.65. The number of aromatic nitrogens is 3. The van der Waals surface area contributed by atoms with Gasteiger partial charge >= 0.3 is 0 Å². The molecule has 8 heteroatoms. The summed E-state index contributed by atoms with van der Waals surface area (Å²) in [6, 6.07) is 13.5. The molecular formula is C20H20ClN5OS. The maximum atomic E-state index is 13.2. The van der Waals surface area contributed by atoms with Crippen molar-refractivity contribution in [1.29, 1.82) is 0 Å². The number of rotatable bonds is 3. The molecule has 3 aromatic rings. The van der Waals surface area contributed by atoms with Crippen LogP contribution in [0.4, 0.5) is 5.69 Å². The zero-order chi connectivity index (χ0) is 19.8. The van der Waals surface area contributed by atoms with Gasteiger partial charge in [0.25, 0.3) is 0 Å². The molecule has 2 N–H and O–H groups in total. The molecule has 0 bridgehead atoms. The molecule has 2 heterocycles. The number of thioether (sulfide) groups is 1. The lowest BCUT2D eigenvalue weighted by atomic mass is 10.0. The molecule has 2 atom stereocenters. The number of halogens is 1. The van der Waals surface area contributed by atoms with Crippen molar-refractivity contribution < 1.29 is 4.79 Å². The van der Waals surface area contributed by atoms with Crippen LogP contribution in [-0.4, -0.2) is 26.0 Å². The fourth-order valence-electron chi connectivity index (χ4n) is 3.07. The number of benzene rings is 2. The van der Waals surface area contributed by atoms with Gasteiger partial charge in [-0.3, -0.25) is 4.79 Å². The van der Waals surface area contributed by atoms with Crippen molar-refractivity contribution in [3.63, 3.8) is 0 Å². The predicted octanol–water partition coefficient (Wildman–Crippen LogP) is 4.25. The van der Waals surface area contributed by atoms with Gasteiger partial charge < -0.3 is 10.7 Å². The van der Waals surface area contributed by atoms with E-state index in [0.717, 1.165) is 17.0 Å². The van der Waals surface area contributed by atoms with Crippen LogP contribution in [0, 0.1) is 20.8 Å². The summed E-state index contributed by atoms with van der Waals surface area (Å²) in [5.41, 5.74) is 7.24. The highest BCUT2D eigenvalue weighted by molar-refractivity contribution is 8.00. The SMILES string of the molecule is Cc1ccc([C@H]2Nn3c(C)nnc3S[C@@H]2C(=O)Nc2ccc(C)c(Cl)c2)cc1. The molecule has 1 aliphatic heterocycles. The van der Waals surface area contributed by atoms with Crippen molar-refractivity contribution in [1.82, 2.24) is 14.9 Å². The van der Waals surface area contributed by atoms with Crippen molar-refractivity contribution in [2.75, 3.05) is 10.7 Å². The predicted molar refractivity (Wildman–Crippen MR) is 113 cm³/mol. The van der Waals surface area contributed by atoms with Crippen LogP contribution in [0.5, 0.6) is 0 Å². The van der Waals surface area contributed by atoms with Gasteiger partial charge in [-0.05, 0) is 44.0 Å². The van der Waals surface area contributed by atoms with Crippen molar-refractivity contribution >= 4 is 35.0 Å². The summed E-state index contributed by atoms with van der Waals surface area (Å²) in [5.74, 6) is 0.638. The van der Waals surface area contributed by atoms with Crippen molar-refractivity contribution in [3.8, 4) is 0 Å². The van der Waals surface area contributed by atoms with Gasteiger partial charge in [-0.2, -0.15) is 0 Å². The summed E-state index contributed by atoms with van der Waals surface area (Å²) in [5, 5.41) is 12.2. The smallest absolute Gasteiger partial charge is 0.240 e. The third kappa shape index (κ3) is 3.59. The number of carbonyl (C=O) groups excluding carboxylic acids is 1. The third-order valence-corrected chi connectivity index (χ3v) is 6.36. The zero-order valence-electron chi connectivity index (χ0n) is 15.7. The topological polar surface area (TPSA) is 71.8 Å². The van der Waals surface area contributed by atoms with Crippen LogP contribution < -0.4 is 10.7 Å². The van der Waals surface area contributed by atoms with E-state index in [-0.39, 0.29) is 11.9 Å². The molecule has 1 aliphatic rings. The number of hydrogen-bond donors (Lipinski definition) is 2. The van der Waals surface area contributed by atoms with Gasteiger partial charge in [0.1, 0.15) is 11.1 Å². The highest BCUT2D eigenvalue weighted by Crippen LogP contribution is 2.37. The van der Waals surface area contributed by atoms with Crippen LogP contribution in [0.1, 0.15) is 28.6 Å². The molecular weight excluding hydrogens is 394 g/mol. The lowest BCUT2D eigenvalue weighted by molar-refractivity contribution is -0.116. The molecule has 28 heavy (non-hydrogen) atoms. The van der Waals surface area contributed by atoms with Crippen LogP contribution in [0.15, 0.2) is 47.6 Å². The van der Waals surface area contributed by atoms with Gasteiger partial charge in [0, 0.05) is 10.7 Å². The van der Waals surface area contributed by atoms with E-state index in [9.17, 15) is 4.79 Å². The molecule has 1 aromatic heterocycles. The molecule has 0 saturated carbocycles. The monoisotopic (exact) mass is 413 g/mol. The van der Waals surface area contributed by atoms with E-state index in [4.69, 9.17) is 11.6 Å². The number of aryl methyl sites for hydroxylation is 3. The van der Waals surface area contributed by atoms with E-state index < -0.39 is 5.25 Å². The maximum absolute atomic E-state index is 13.2. The fourth-order valence-corrected chi connectivity index (χ4v) is 4.37. The zero-order valence-corrected chi connectivity index (χ0v) is 17.3. The van der Waals surface area contributed by atoms with Gasteiger partial charge in [0.15, 0.2) is 0 Å². The fraction of sp³-hybridized carbons (Fsp3) is 0.250. The molecule has 4 rings (SSSR count). The van der Waals surface area contributed by atoms with Crippen LogP contribution in [0.2, 0.25) is 5.02 Å². The minimum absolute atomic E-state index is 0.116. The summed E-state index contributed by atoms with van der Waals surface area (Å²) < 4.78 is 1.84. The largest absolute Gasteiger partial charge is 0.325 e. The highest BCUT2D eigenvalue weighted by Gasteiger charge is 2.37. The first-order valence-electron chi connectivity index (χ1n) is 8.91. The van der Waals surface area contributed by atoms with Crippen LogP contribution >= 0.6 is 23.4 Å². The Hall–Kier alpha value is -2.51. The Morgan fingerprint density at radius 3 is 2.61 bits per heavy atom. The normalized spacial score (nSPS) is 18.3. The minimum atomic E-state index is -0.418. The number of anilines is 1. The molecule has 0 saturated heterocycles. The molecule has 6 nitrogen and oxygen atoms in total. The Labute approximate surface area is 172 Å². The van der Waals surface area contributed by atoms with Gasteiger partial charge in [0.05, 0.1) is 6.04 Å². The Kier molecular flexibility index (Phi) is 5.03. The average molecular weight is 414 g/mol.